The van der Waals surface area contributed by atoms with Crippen molar-refractivity contribution in [2.24, 2.45) is 11.8 Å². The molecule has 0 aliphatic carbocycles. The second-order valence-corrected chi connectivity index (χ2v) is 8.39. The third kappa shape index (κ3) is 3.24. The van der Waals surface area contributed by atoms with Gasteiger partial charge in [0.15, 0.2) is 11.5 Å². The van der Waals surface area contributed by atoms with Gasteiger partial charge in [0.2, 0.25) is 11.8 Å². The van der Waals surface area contributed by atoms with Crippen molar-refractivity contribution in [3.8, 4) is 11.5 Å². The van der Waals surface area contributed by atoms with Crippen LogP contribution in [-0.4, -0.2) is 50.8 Å². The zero-order valence-electron chi connectivity index (χ0n) is 18.1. The summed E-state index contributed by atoms with van der Waals surface area (Å²) in [5.41, 5.74) is 1.13. The van der Waals surface area contributed by atoms with E-state index in [-0.39, 0.29) is 17.9 Å². The van der Waals surface area contributed by atoms with Crippen molar-refractivity contribution in [3.05, 3.63) is 66.2 Å². The number of ether oxygens (including phenoxy) is 3. The Kier molecular flexibility index (Phi) is 5.13. The monoisotopic (exact) mass is 434 g/mol. The molecule has 0 radical (unpaired) electrons. The summed E-state index contributed by atoms with van der Waals surface area (Å²) < 4.78 is 16.8. The molecule has 0 saturated carbocycles. The minimum absolute atomic E-state index is 0.0527. The highest BCUT2D eigenvalue weighted by molar-refractivity contribution is 6.03. The summed E-state index contributed by atoms with van der Waals surface area (Å²) in [6.45, 7) is 0.889. The molecule has 2 fully saturated rings. The van der Waals surface area contributed by atoms with Crippen molar-refractivity contribution in [1.29, 1.82) is 0 Å². The van der Waals surface area contributed by atoms with E-state index in [1.807, 2.05) is 60.7 Å². The Morgan fingerprint density at radius 1 is 1.16 bits per heavy atom. The molecule has 3 aliphatic heterocycles. The summed E-state index contributed by atoms with van der Waals surface area (Å²) >= 11 is 0. The number of amides is 2. The van der Waals surface area contributed by atoms with Crippen molar-refractivity contribution in [2.75, 3.05) is 32.2 Å². The average molecular weight is 434 g/mol. The molecule has 0 unspecified atom stereocenters. The van der Waals surface area contributed by atoms with Crippen molar-refractivity contribution in [2.45, 2.75) is 18.1 Å². The number of rotatable bonds is 7. The third-order valence-corrected chi connectivity index (χ3v) is 6.63. The largest absolute Gasteiger partial charge is 0.493 e. The normalized spacial score (nSPS) is 27.5. The second-order valence-electron chi connectivity index (χ2n) is 8.39. The Morgan fingerprint density at radius 3 is 2.69 bits per heavy atom. The molecule has 3 heterocycles. The van der Waals surface area contributed by atoms with Crippen LogP contribution in [0.3, 0.4) is 0 Å². The maximum atomic E-state index is 13.3. The number of nitrogens with one attached hydrogen (secondary N) is 1. The van der Waals surface area contributed by atoms with Gasteiger partial charge in [0.1, 0.15) is 5.60 Å². The van der Waals surface area contributed by atoms with Gasteiger partial charge in [-0.05, 0) is 36.2 Å². The quantitative estimate of drug-likeness (QED) is 0.677. The molecule has 2 amide bonds. The Hall–Kier alpha value is -3.32. The zero-order chi connectivity index (χ0) is 22.3. The highest BCUT2D eigenvalue weighted by Gasteiger charge is 2.66. The van der Waals surface area contributed by atoms with Crippen LogP contribution in [0.5, 0.6) is 11.5 Å². The highest BCUT2D eigenvalue weighted by Crippen LogP contribution is 2.52. The van der Waals surface area contributed by atoms with Crippen LogP contribution in [0.2, 0.25) is 0 Å². The Labute approximate surface area is 186 Å². The van der Waals surface area contributed by atoms with Gasteiger partial charge in [-0.1, -0.05) is 36.4 Å². The topological polar surface area (TPSA) is 77.1 Å². The molecular formula is C25H26N2O5. The minimum Gasteiger partial charge on any atom is -0.493 e. The summed E-state index contributed by atoms with van der Waals surface area (Å²) in [4.78, 5) is 28.2. The van der Waals surface area contributed by atoms with Gasteiger partial charge < -0.3 is 24.4 Å². The Balaban J connectivity index is 1.27. The van der Waals surface area contributed by atoms with E-state index < -0.39 is 17.4 Å². The molecule has 7 nitrogen and oxygen atoms in total. The predicted molar refractivity (Wildman–Crippen MR) is 119 cm³/mol. The first-order valence-corrected chi connectivity index (χ1v) is 10.8. The number of hydrogen-bond donors (Lipinski definition) is 1. The SMILES string of the molecule is COc1ccc(CCNC(=O)[C@H]2[C@H]3C(=O)N(c4ccccc4)C[C@]34C=C[C@H]2O4)cc1OC. The molecule has 1 N–H and O–H groups in total. The number of nitrogens with zero attached hydrogens (tertiary/aromatic N) is 1. The standard InChI is InChI=1S/C25H26N2O5/c1-30-18-9-8-16(14-20(18)31-2)11-13-26-23(28)21-19-10-12-25(32-19)15-27(24(29)22(21)25)17-6-4-3-5-7-17/h3-10,12,14,19,21-22H,11,13,15H2,1-2H3,(H,26,28)/t19-,21-,22+,25-/m1/s1. The van der Waals surface area contributed by atoms with E-state index in [4.69, 9.17) is 14.2 Å². The molecular weight excluding hydrogens is 408 g/mol. The van der Waals surface area contributed by atoms with E-state index in [0.717, 1.165) is 11.3 Å². The number of fused-ring (bicyclic) bond motifs is 1. The van der Waals surface area contributed by atoms with Gasteiger partial charge in [-0.15, -0.1) is 0 Å². The van der Waals surface area contributed by atoms with Gasteiger partial charge >= 0.3 is 0 Å². The number of hydrogen-bond acceptors (Lipinski definition) is 5. The van der Waals surface area contributed by atoms with Gasteiger partial charge in [0, 0.05) is 12.2 Å². The van der Waals surface area contributed by atoms with Crippen molar-refractivity contribution in [3.63, 3.8) is 0 Å². The fraction of sp³-hybridized carbons (Fsp3) is 0.360. The Bertz CT molecular complexity index is 1070. The summed E-state index contributed by atoms with van der Waals surface area (Å²) in [6, 6.07) is 15.2. The van der Waals surface area contributed by atoms with E-state index in [1.165, 1.54) is 0 Å². The van der Waals surface area contributed by atoms with Crippen molar-refractivity contribution >= 4 is 17.5 Å². The second kappa shape index (κ2) is 7.98. The van der Waals surface area contributed by atoms with Crippen LogP contribution in [0.15, 0.2) is 60.7 Å². The number of para-hydroxylation sites is 1. The third-order valence-electron chi connectivity index (χ3n) is 6.63. The first kappa shape index (κ1) is 20.6. The maximum absolute atomic E-state index is 13.3. The highest BCUT2D eigenvalue weighted by atomic mass is 16.5. The lowest BCUT2D eigenvalue weighted by Gasteiger charge is -2.23. The molecule has 32 heavy (non-hydrogen) atoms. The van der Waals surface area contributed by atoms with Crippen LogP contribution in [0.25, 0.3) is 0 Å². The van der Waals surface area contributed by atoms with Crippen LogP contribution in [0.4, 0.5) is 5.69 Å². The molecule has 166 valence electrons. The van der Waals surface area contributed by atoms with Gasteiger partial charge in [-0.2, -0.15) is 0 Å². The lowest BCUT2D eigenvalue weighted by atomic mass is 9.77. The predicted octanol–water partition coefficient (Wildman–Crippen LogP) is 2.35. The van der Waals surface area contributed by atoms with Gasteiger partial charge in [0.25, 0.3) is 0 Å². The number of carbonyl (C=O) groups excluding carboxylic acids is 2. The van der Waals surface area contributed by atoms with Crippen LogP contribution >= 0.6 is 0 Å². The molecule has 7 heteroatoms. The van der Waals surface area contributed by atoms with E-state index in [2.05, 4.69) is 5.32 Å². The van der Waals surface area contributed by atoms with Crippen molar-refractivity contribution < 1.29 is 23.8 Å². The van der Waals surface area contributed by atoms with Crippen LogP contribution in [-0.2, 0) is 20.7 Å². The molecule has 2 bridgehead atoms. The van der Waals surface area contributed by atoms with Crippen LogP contribution in [0.1, 0.15) is 5.56 Å². The summed E-state index contributed by atoms with van der Waals surface area (Å²) in [5.74, 6) is 0.102. The van der Waals surface area contributed by atoms with E-state index >= 15 is 0 Å². The number of benzene rings is 2. The number of anilines is 1. The smallest absolute Gasteiger partial charge is 0.234 e. The van der Waals surface area contributed by atoms with E-state index in [9.17, 15) is 9.59 Å². The summed E-state index contributed by atoms with van der Waals surface area (Å²) in [6.07, 6.45) is 4.18. The fourth-order valence-electron chi connectivity index (χ4n) is 5.11. The Morgan fingerprint density at radius 2 is 1.94 bits per heavy atom. The summed E-state index contributed by atoms with van der Waals surface area (Å²) in [7, 11) is 3.19. The maximum Gasteiger partial charge on any atom is 0.234 e. The molecule has 1 spiro atoms. The molecule has 4 atom stereocenters. The first-order chi connectivity index (χ1) is 15.6. The lowest BCUT2D eigenvalue weighted by Crippen LogP contribution is -2.44. The number of carbonyl (C=O) groups is 2. The van der Waals surface area contributed by atoms with E-state index in [1.54, 1.807) is 19.1 Å². The molecule has 5 rings (SSSR count). The van der Waals surface area contributed by atoms with Crippen LogP contribution in [0, 0.1) is 11.8 Å². The minimum atomic E-state index is -0.719. The average Bonchev–Trinajstić information content (AvgIpc) is 3.47. The van der Waals surface area contributed by atoms with E-state index in [0.29, 0.717) is 31.0 Å². The zero-order valence-corrected chi connectivity index (χ0v) is 18.1. The molecule has 2 saturated heterocycles. The van der Waals surface area contributed by atoms with Gasteiger partial charge in [-0.3, -0.25) is 9.59 Å². The molecule has 2 aromatic rings. The molecule has 2 aromatic carbocycles. The van der Waals surface area contributed by atoms with Crippen molar-refractivity contribution in [1.82, 2.24) is 5.32 Å². The molecule has 0 aromatic heterocycles. The summed E-state index contributed by atoms with van der Waals surface area (Å²) in [5, 5.41) is 3.01. The number of methoxy groups -OCH3 is 2. The van der Waals surface area contributed by atoms with Gasteiger partial charge in [0.05, 0.1) is 38.7 Å². The molecule has 3 aliphatic rings. The first-order valence-electron chi connectivity index (χ1n) is 10.8. The van der Waals surface area contributed by atoms with Gasteiger partial charge in [-0.25, -0.2) is 0 Å². The lowest BCUT2D eigenvalue weighted by molar-refractivity contribution is -0.131. The van der Waals surface area contributed by atoms with Crippen LogP contribution < -0.4 is 19.7 Å². The fourth-order valence-corrected chi connectivity index (χ4v) is 5.11.